The molecular weight excluding hydrogens is 334 g/mol. The van der Waals surface area contributed by atoms with E-state index in [1.165, 1.54) is 11.3 Å². The molecule has 5 nitrogen and oxygen atoms in total. The first-order chi connectivity index (χ1) is 12.1. The third-order valence-electron chi connectivity index (χ3n) is 4.53. The van der Waals surface area contributed by atoms with E-state index in [0.29, 0.717) is 4.70 Å². The summed E-state index contributed by atoms with van der Waals surface area (Å²) in [4.78, 5) is 19.8. The molecule has 0 radical (unpaired) electrons. The molecule has 0 spiro atoms. The summed E-state index contributed by atoms with van der Waals surface area (Å²) in [6, 6.07) is 6.10. The lowest BCUT2D eigenvalue weighted by molar-refractivity contribution is 0.301. The highest BCUT2D eigenvalue weighted by Crippen LogP contribution is 2.36. The van der Waals surface area contributed by atoms with Gasteiger partial charge < -0.3 is 9.64 Å². The number of anilines is 1. The lowest BCUT2D eigenvalue weighted by atomic mass is 10.1. The maximum atomic E-state index is 13.1. The van der Waals surface area contributed by atoms with Crippen molar-refractivity contribution in [3.8, 4) is 0 Å². The van der Waals surface area contributed by atoms with Gasteiger partial charge in [0.1, 0.15) is 10.5 Å². The Labute approximate surface area is 149 Å². The Kier molecular flexibility index (Phi) is 3.84. The Morgan fingerprint density at radius 1 is 1.36 bits per heavy atom. The van der Waals surface area contributed by atoms with Crippen LogP contribution in [0.1, 0.15) is 12.5 Å². The van der Waals surface area contributed by atoms with Gasteiger partial charge in [-0.25, -0.2) is 4.98 Å². The number of rotatable bonds is 3. The molecule has 1 atom stereocenters. The molecule has 128 valence electrons. The summed E-state index contributed by atoms with van der Waals surface area (Å²) >= 11 is 1.52. The van der Waals surface area contributed by atoms with Gasteiger partial charge in [0, 0.05) is 29.9 Å². The van der Waals surface area contributed by atoms with Crippen molar-refractivity contribution < 1.29 is 4.74 Å². The van der Waals surface area contributed by atoms with Crippen LogP contribution in [0.3, 0.4) is 0 Å². The quantitative estimate of drug-likeness (QED) is 0.720. The molecule has 0 amide bonds. The van der Waals surface area contributed by atoms with E-state index in [-0.39, 0.29) is 11.6 Å². The smallest absolute Gasteiger partial charge is 0.271 e. The zero-order valence-electron chi connectivity index (χ0n) is 14.4. The molecule has 1 aliphatic rings. The molecule has 0 saturated carbocycles. The number of thiophene rings is 1. The number of fused-ring (bicyclic) bond motifs is 3. The number of hydrogen-bond donors (Lipinski definition) is 0. The number of methoxy groups -OCH3 is 1. The Bertz CT molecular complexity index is 1080. The molecule has 6 heteroatoms. The Balaban J connectivity index is 1.89. The van der Waals surface area contributed by atoms with Crippen molar-refractivity contribution in [3.63, 3.8) is 0 Å². The topological polar surface area (TPSA) is 47.4 Å². The molecule has 0 N–H and O–H groups in total. The standard InChI is InChI=1S/C19H19N3O2S/c1-21(2)14-5-4-6-15-16(14)17-18(25-15)19(23)22(11-20-17)12-7-9-13(24-3)10-8-12/h4-7,9-12H,8H2,1-3H3. The Morgan fingerprint density at radius 2 is 2.20 bits per heavy atom. The summed E-state index contributed by atoms with van der Waals surface area (Å²) in [6.45, 7) is 0. The van der Waals surface area contributed by atoms with E-state index in [2.05, 4.69) is 16.0 Å². The fourth-order valence-corrected chi connectivity index (χ4v) is 4.34. The number of aromatic nitrogens is 2. The summed E-state index contributed by atoms with van der Waals surface area (Å²) in [6.07, 6.45) is 8.28. The highest BCUT2D eigenvalue weighted by molar-refractivity contribution is 7.25. The van der Waals surface area contributed by atoms with Crippen molar-refractivity contribution in [2.45, 2.75) is 12.5 Å². The molecule has 1 aliphatic carbocycles. The SMILES string of the molecule is COC1=CCC(n2cnc3c(sc4cccc(N(C)C)c43)c2=O)C=C1. The second-order valence-electron chi connectivity index (χ2n) is 6.25. The molecule has 0 saturated heterocycles. The maximum Gasteiger partial charge on any atom is 0.271 e. The van der Waals surface area contributed by atoms with E-state index >= 15 is 0 Å². The summed E-state index contributed by atoms with van der Waals surface area (Å²) in [5.74, 6) is 0.829. The normalized spacial score (nSPS) is 17.1. The number of allylic oxidation sites excluding steroid dienone is 3. The monoisotopic (exact) mass is 353 g/mol. The van der Waals surface area contributed by atoms with E-state index in [0.717, 1.165) is 33.5 Å². The van der Waals surface area contributed by atoms with Crippen LogP contribution < -0.4 is 10.5 Å². The molecular formula is C19H19N3O2S. The summed E-state index contributed by atoms with van der Waals surface area (Å²) in [5, 5.41) is 1.05. The van der Waals surface area contributed by atoms with Crippen LogP contribution in [0.15, 0.2) is 53.3 Å². The third kappa shape index (κ3) is 2.53. The highest BCUT2D eigenvalue weighted by atomic mass is 32.1. The molecule has 2 aromatic heterocycles. The lowest BCUT2D eigenvalue weighted by Crippen LogP contribution is -2.24. The summed E-state index contributed by atoms with van der Waals surface area (Å²) in [7, 11) is 5.66. The van der Waals surface area contributed by atoms with E-state index in [1.54, 1.807) is 18.0 Å². The molecule has 1 unspecified atom stereocenters. The van der Waals surface area contributed by atoms with Crippen LogP contribution in [0.4, 0.5) is 5.69 Å². The van der Waals surface area contributed by atoms with Crippen LogP contribution in [0.25, 0.3) is 20.3 Å². The predicted octanol–water partition coefficient (Wildman–Crippen LogP) is 3.71. The molecule has 0 bridgehead atoms. The van der Waals surface area contributed by atoms with E-state index < -0.39 is 0 Å². The first-order valence-corrected chi connectivity index (χ1v) is 8.94. The zero-order valence-corrected chi connectivity index (χ0v) is 15.2. The second-order valence-corrected chi connectivity index (χ2v) is 7.31. The largest absolute Gasteiger partial charge is 0.497 e. The van der Waals surface area contributed by atoms with Gasteiger partial charge in [-0.2, -0.15) is 0 Å². The molecule has 1 aromatic carbocycles. The van der Waals surface area contributed by atoms with Crippen LogP contribution in [-0.4, -0.2) is 30.8 Å². The number of hydrogen-bond acceptors (Lipinski definition) is 5. The molecule has 3 aromatic rings. The third-order valence-corrected chi connectivity index (χ3v) is 5.66. The van der Waals surface area contributed by atoms with Gasteiger partial charge in [-0.15, -0.1) is 11.3 Å². The van der Waals surface area contributed by atoms with Gasteiger partial charge in [-0.3, -0.25) is 9.36 Å². The number of nitrogens with zero attached hydrogens (tertiary/aromatic N) is 3. The van der Waals surface area contributed by atoms with Crippen molar-refractivity contribution >= 4 is 37.3 Å². The van der Waals surface area contributed by atoms with Gasteiger partial charge in [0.2, 0.25) is 0 Å². The van der Waals surface area contributed by atoms with Crippen molar-refractivity contribution in [1.82, 2.24) is 9.55 Å². The van der Waals surface area contributed by atoms with Gasteiger partial charge in [-0.1, -0.05) is 12.1 Å². The van der Waals surface area contributed by atoms with Crippen molar-refractivity contribution in [2.75, 3.05) is 26.1 Å². The Hall–Kier alpha value is -2.60. The first-order valence-electron chi connectivity index (χ1n) is 8.12. The van der Waals surface area contributed by atoms with Crippen molar-refractivity contribution in [3.05, 3.63) is 58.9 Å². The lowest BCUT2D eigenvalue weighted by Gasteiger charge is -2.18. The average Bonchev–Trinajstić information content (AvgIpc) is 3.02. The van der Waals surface area contributed by atoms with Crippen LogP contribution in [0.2, 0.25) is 0 Å². The highest BCUT2D eigenvalue weighted by Gasteiger charge is 2.18. The first kappa shape index (κ1) is 15.9. The van der Waals surface area contributed by atoms with E-state index in [1.807, 2.05) is 44.5 Å². The van der Waals surface area contributed by atoms with E-state index in [9.17, 15) is 4.79 Å². The average molecular weight is 353 g/mol. The maximum absolute atomic E-state index is 13.1. The molecule has 2 heterocycles. The van der Waals surface area contributed by atoms with Gasteiger partial charge in [-0.05, 0) is 30.7 Å². The van der Waals surface area contributed by atoms with Crippen LogP contribution in [-0.2, 0) is 4.74 Å². The molecule has 0 fully saturated rings. The zero-order chi connectivity index (χ0) is 17.6. The predicted molar refractivity (Wildman–Crippen MR) is 104 cm³/mol. The van der Waals surface area contributed by atoms with Gasteiger partial charge in [0.15, 0.2) is 0 Å². The van der Waals surface area contributed by atoms with Crippen molar-refractivity contribution in [1.29, 1.82) is 0 Å². The minimum absolute atomic E-state index is 0.0137. The van der Waals surface area contributed by atoms with Crippen LogP contribution in [0, 0.1) is 0 Å². The summed E-state index contributed by atoms with van der Waals surface area (Å²) in [5.41, 5.74) is 1.89. The summed E-state index contributed by atoms with van der Waals surface area (Å²) < 4.78 is 8.73. The molecule has 4 rings (SSSR count). The minimum Gasteiger partial charge on any atom is -0.497 e. The van der Waals surface area contributed by atoms with Gasteiger partial charge >= 0.3 is 0 Å². The van der Waals surface area contributed by atoms with Gasteiger partial charge in [0.05, 0.1) is 25.0 Å². The second kappa shape index (κ2) is 6.04. The Morgan fingerprint density at radius 3 is 2.88 bits per heavy atom. The number of benzene rings is 1. The van der Waals surface area contributed by atoms with Crippen LogP contribution in [0.5, 0.6) is 0 Å². The van der Waals surface area contributed by atoms with Gasteiger partial charge in [0.25, 0.3) is 5.56 Å². The van der Waals surface area contributed by atoms with Crippen LogP contribution >= 0.6 is 11.3 Å². The molecule has 0 aliphatic heterocycles. The van der Waals surface area contributed by atoms with E-state index in [4.69, 9.17) is 4.74 Å². The van der Waals surface area contributed by atoms with Crippen molar-refractivity contribution in [2.24, 2.45) is 0 Å². The molecule has 25 heavy (non-hydrogen) atoms. The number of ether oxygens (including phenoxy) is 1. The minimum atomic E-state index is -0.0261. The fraction of sp³-hybridized carbons (Fsp3) is 0.263. The fourth-order valence-electron chi connectivity index (χ4n) is 3.23.